The SMILES string of the molecule is CCO[Si](C)(OCC)C(C)[Si](OCC)(OCC)OCC. The zero-order valence-corrected chi connectivity index (χ0v) is 16.2. The van der Waals surface area contributed by atoms with Crippen LogP contribution in [0.3, 0.4) is 0 Å². The summed E-state index contributed by atoms with van der Waals surface area (Å²) >= 11 is 0. The second kappa shape index (κ2) is 10.0. The lowest BCUT2D eigenvalue weighted by Gasteiger charge is -2.40. The third-order valence-electron chi connectivity index (χ3n) is 3.22. The third kappa shape index (κ3) is 5.21. The van der Waals surface area contributed by atoms with E-state index < -0.39 is 17.4 Å². The fourth-order valence-electron chi connectivity index (χ4n) is 2.29. The first kappa shape index (κ1) is 20.2. The van der Waals surface area contributed by atoms with Crippen molar-refractivity contribution in [2.24, 2.45) is 0 Å². The minimum Gasteiger partial charge on any atom is -0.395 e. The molecule has 0 amide bonds. The van der Waals surface area contributed by atoms with E-state index in [2.05, 4.69) is 13.5 Å². The van der Waals surface area contributed by atoms with Crippen LogP contribution in [-0.2, 0) is 22.1 Å². The highest BCUT2D eigenvalue weighted by Gasteiger charge is 2.58. The summed E-state index contributed by atoms with van der Waals surface area (Å²) in [6, 6.07) is 0. The Hall–Kier alpha value is 0.234. The molecule has 0 saturated heterocycles. The molecule has 122 valence electrons. The summed E-state index contributed by atoms with van der Waals surface area (Å²) in [4.78, 5) is 0. The summed E-state index contributed by atoms with van der Waals surface area (Å²) in [5, 5.41) is 0.0229. The van der Waals surface area contributed by atoms with Crippen LogP contribution in [0, 0.1) is 0 Å². The van der Waals surface area contributed by atoms with Crippen molar-refractivity contribution in [3.05, 3.63) is 0 Å². The summed E-state index contributed by atoms with van der Waals surface area (Å²) < 4.78 is 29.9. The van der Waals surface area contributed by atoms with Crippen molar-refractivity contribution in [2.45, 2.75) is 53.3 Å². The molecule has 1 unspecified atom stereocenters. The molecule has 0 heterocycles. The van der Waals surface area contributed by atoms with Gasteiger partial charge in [-0.05, 0) is 41.2 Å². The van der Waals surface area contributed by atoms with Gasteiger partial charge in [0.25, 0.3) is 0 Å². The van der Waals surface area contributed by atoms with E-state index in [1.165, 1.54) is 0 Å². The number of rotatable bonds is 12. The largest absolute Gasteiger partial charge is 0.505 e. The molecule has 0 bridgehead atoms. The zero-order chi connectivity index (χ0) is 15.6. The van der Waals surface area contributed by atoms with Crippen molar-refractivity contribution in [2.75, 3.05) is 33.0 Å². The van der Waals surface area contributed by atoms with Crippen LogP contribution in [0.2, 0.25) is 11.7 Å². The molecule has 0 radical (unpaired) electrons. The fraction of sp³-hybridized carbons (Fsp3) is 1.00. The van der Waals surface area contributed by atoms with E-state index in [0.29, 0.717) is 33.0 Å². The molecule has 0 aromatic heterocycles. The monoisotopic (exact) mass is 324 g/mol. The Morgan fingerprint density at radius 3 is 1.20 bits per heavy atom. The summed E-state index contributed by atoms with van der Waals surface area (Å²) in [5.41, 5.74) is 0. The summed E-state index contributed by atoms with van der Waals surface area (Å²) in [6.45, 7) is 17.0. The molecule has 0 aromatic rings. The molecule has 0 aliphatic heterocycles. The van der Waals surface area contributed by atoms with Gasteiger partial charge in [-0.15, -0.1) is 0 Å². The predicted molar refractivity (Wildman–Crippen MR) is 84.9 cm³/mol. The highest BCUT2D eigenvalue weighted by molar-refractivity contribution is 6.85. The number of hydrogen-bond acceptors (Lipinski definition) is 5. The Bertz CT molecular complexity index is 230. The van der Waals surface area contributed by atoms with Gasteiger partial charge < -0.3 is 22.1 Å². The maximum absolute atomic E-state index is 5.99. The first-order chi connectivity index (χ1) is 9.46. The maximum atomic E-state index is 5.99. The van der Waals surface area contributed by atoms with Gasteiger partial charge in [0, 0.05) is 33.0 Å². The normalized spacial score (nSPS) is 14.6. The van der Waals surface area contributed by atoms with Crippen LogP contribution < -0.4 is 0 Å². The third-order valence-corrected chi connectivity index (χ3v) is 12.3. The van der Waals surface area contributed by atoms with Crippen LogP contribution >= 0.6 is 0 Å². The van der Waals surface area contributed by atoms with Gasteiger partial charge in [0.05, 0.1) is 5.16 Å². The van der Waals surface area contributed by atoms with Gasteiger partial charge in [-0.2, -0.15) is 0 Å². The molecular weight excluding hydrogens is 292 g/mol. The molecule has 5 nitrogen and oxygen atoms in total. The first-order valence-corrected chi connectivity index (χ1v) is 11.9. The lowest BCUT2D eigenvalue weighted by molar-refractivity contribution is 0.0615. The van der Waals surface area contributed by atoms with E-state index in [0.717, 1.165) is 0 Å². The van der Waals surface area contributed by atoms with Crippen molar-refractivity contribution in [1.82, 2.24) is 0 Å². The van der Waals surface area contributed by atoms with Gasteiger partial charge in [-0.1, -0.05) is 6.92 Å². The molecular formula is C13H32O5Si2. The van der Waals surface area contributed by atoms with Crippen molar-refractivity contribution >= 4 is 17.4 Å². The number of hydrogen-bond donors (Lipinski definition) is 0. The van der Waals surface area contributed by atoms with E-state index in [-0.39, 0.29) is 5.16 Å². The van der Waals surface area contributed by atoms with Crippen molar-refractivity contribution < 1.29 is 22.1 Å². The smallest absolute Gasteiger partial charge is 0.395 e. The van der Waals surface area contributed by atoms with Crippen LogP contribution in [0.1, 0.15) is 41.5 Å². The summed E-state index contributed by atoms with van der Waals surface area (Å²) in [7, 11) is -5.21. The van der Waals surface area contributed by atoms with Crippen molar-refractivity contribution in [3.63, 3.8) is 0 Å². The molecule has 0 saturated carbocycles. The zero-order valence-electron chi connectivity index (χ0n) is 14.2. The molecule has 0 aliphatic rings. The van der Waals surface area contributed by atoms with E-state index in [4.69, 9.17) is 22.1 Å². The van der Waals surface area contributed by atoms with Crippen LogP contribution in [-0.4, -0.2) is 50.4 Å². The molecule has 1 atom stereocenters. The fourth-order valence-corrected chi connectivity index (χ4v) is 10.0. The van der Waals surface area contributed by atoms with Crippen molar-refractivity contribution in [1.29, 1.82) is 0 Å². The Morgan fingerprint density at radius 2 is 0.950 bits per heavy atom. The standard InChI is InChI=1S/C13H32O5Si2/c1-8-14-19(7,15-9-2)13(6)20(16-10-3,17-11-4)18-12-5/h13H,8-12H2,1-7H3. The van der Waals surface area contributed by atoms with Gasteiger partial charge in [0.1, 0.15) is 0 Å². The van der Waals surface area contributed by atoms with E-state index >= 15 is 0 Å². The molecule has 0 aliphatic carbocycles. The van der Waals surface area contributed by atoms with Crippen LogP contribution in [0.25, 0.3) is 0 Å². The lowest BCUT2D eigenvalue weighted by atomic mass is 10.9. The quantitative estimate of drug-likeness (QED) is 0.516. The van der Waals surface area contributed by atoms with Gasteiger partial charge >= 0.3 is 17.4 Å². The van der Waals surface area contributed by atoms with E-state index in [9.17, 15) is 0 Å². The topological polar surface area (TPSA) is 46.2 Å². The summed E-state index contributed by atoms with van der Waals surface area (Å²) in [6.07, 6.45) is 0. The molecule has 0 fully saturated rings. The Kier molecular flexibility index (Phi) is 10.2. The Balaban J connectivity index is 5.36. The van der Waals surface area contributed by atoms with Crippen LogP contribution in [0.4, 0.5) is 0 Å². The second-order valence-corrected chi connectivity index (χ2v) is 11.5. The Labute approximate surface area is 126 Å². The highest BCUT2D eigenvalue weighted by atomic mass is 28.4. The van der Waals surface area contributed by atoms with Gasteiger partial charge in [-0.25, -0.2) is 0 Å². The highest BCUT2D eigenvalue weighted by Crippen LogP contribution is 2.35. The average Bonchev–Trinajstić information content (AvgIpc) is 2.39. The molecule has 0 aromatic carbocycles. The van der Waals surface area contributed by atoms with Gasteiger partial charge in [0.2, 0.25) is 0 Å². The lowest BCUT2D eigenvalue weighted by Crippen LogP contribution is -2.60. The molecule has 0 N–H and O–H groups in total. The summed E-state index contributed by atoms with van der Waals surface area (Å²) in [5.74, 6) is 0. The van der Waals surface area contributed by atoms with Crippen LogP contribution in [0.5, 0.6) is 0 Å². The average molecular weight is 325 g/mol. The molecule has 20 heavy (non-hydrogen) atoms. The second-order valence-electron chi connectivity index (χ2n) is 4.51. The van der Waals surface area contributed by atoms with E-state index in [1.54, 1.807) is 0 Å². The molecule has 7 heteroatoms. The van der Waals surface area contributed by atoms with Gasteiger partial charge in [-0.3, -0.25) is 0 Å². The molecule has 0 spiro atoms. The van der Waals surface area contributed by atoms with Crippen LogP contribution in [0.15, 0.2) is 0 Å². The minimum atomic E-state index is -2.80. The van der Waals surface area contributed by atoms with Gasteiger partial charge in [0.15, 0.2) is 0 Å². The minimum absolute atomic E-state index is 0.0229. The van der Waals surface area contributed by atoms with Crippen molar-refractivity contribution in [3.8, 4) is 0 Å². The van der Waals surface area contributed by atoms with E-state index in [1.807, 2.05) is 34.6 Å². The first-order valence-electron chi connectivity index (χ1n) is 7.65. The molecule has 0 rings (SSSR count). The maximum Gasteiger partial charge on any atom is 0.505 e. The Morgan fingerprint density at radius 1 is 0.650 bits per heavy atom. The predicted octanol–water partition coefficient (Wildman–Crippen LogP) is 3.11.